The molecule has 0 amide bonds. The van der Waals surface area contributed by atoms with Crippen LogP contribution in [0, 0.1) is 0 Å². The molecular weight excluding hydrogens is 186 g/mol. The first-order chi connectivity index (χ1) is 6.52. The minimum Gasteiger partial charge on any atom is -0.481 e. The molecule has 0 spiro atoms. The summed E-state index contributed by atoms with van der Waals surface area (Å²) in [6.07, 6.45) is 2.40. The molecule has 6 N–H and O–H groups in total. The fraction of sp³-hybridized carbons (Fsp3) is 0.250. The molecular formula is C8H11N3O3. The van der Waals surface area contributed by atoms with Crippen LogP contribution in [0.2, 0.25) is 0 Å². The van der Waals surface area contributed by atoms with Gasteiger partial charge < -0.3 is 21.6 Å². The fourth-order valence-electron chi connectivity index (χ4n) is 1.09. The molecule has 6 nitrogen and oxygen atoms in total. The summed E-state index contributed by atoms with van der Waals surface area (Å²) in [6.45, 7) is 0. The molecule has 1 heterocycles. The van der Waals surface area contributed by atoms with E-state index in [9.17, 15) is 9.59 Å². The number of nitrogens with one attached hydrogen (secondary N) is 1. The normalized spacial score (nSPS) is 12.4. The SMILES string of the molecule is Nc1c[nH]cc([C@@H](N)CC(=O)O)c1=O. The van der Waals surface area contributed by atoms with E-state index in [0.29, 0.717) is 0 Å². The number of pyridine rings is 1. The highest BCUT2D eigenvalue weighted by molar-refractivity contribution is 5.67. The van der Waals surface area contributed by atoms with E-state index in [1.54, 1.807) is 0 Å². The Labute approximate surface area is 79.5 Å². The Morgan fingerprint density at radius 2 is 2.21 bits per heavy atom. The van der Waals surface area contributed by atoms with Crippen LogP contribution < -0.4 is 16.9 Å². The molecule has 0 aliphatic carbocycles. The summed E-state index contributed by atoms with van der Waals surface area (Å²) in [5, 5.41) is 8.48. The smallest absolute Gasteiger partial charge is 0.305 e. The highest BCUT2D eigenvalue weighted by Crippen LogP contribution is 2.09. The molecule has 0 saturated heterocycles. The van der Waals surface area contributed by atoms with Crippen molar-refractivity contribution in [2.45, 2.75) is 12.5 Å². The van der Waals surface area contributed by atoms with Crippen LogP contribution in [0.25, 0.3) is 0 Å². The van der Waals surface area contributed by atoms with Gasteiger partial charge in [-0.15, -0.1) is 0 Å². The molecule has 0 aromatic carbocycles. The second-order valence-electron chi connectivity index (χ2n) is 2.90. The van der Waals surface area contributed by atoms with Gasteiger partial charge in [-0.25, -0.2) is 0 Å². The van der Waals surface area contributed by atoms with Crippen molar-refractivity contribution in [1.29, 1.82) is 0 Å². The van der Waals surface area contributed by atoms with Crippen molar-refractivity contribution in [2.24, 2.45) is 5.73 Å². The number of rotatable bonds is 3. The van der Waals surface area contributed by atoms with Crippen LogP contribution in [0.4, 0.5) is 5.69 Å². The molecule has 0 fully saturated rings. The second-order valence-corrected chi connectivity index (χ2v) is 2.90. The van der Waals surface area contributed by atoms with Crippen molar-refractivity contribution >= 4 is 11.7 Å². The number of carbonyl (C=O) groups is 1. The summed E-state index contributed by atoms with van der Waals surface area (Å²) in [4.78, 5) is 24.4. The zero-order valence-electron chi connectivity index (χ0n) is 7.36. The van der Waals surface area contributed by atoms with Gasteiger partial charge >= 0.3 is 5.97 Å². The van der Waals surface area contributed by atoms with Crippen LogP contribution in [0.1, 0.15) is 18.0 Å². The Balaban J connectivity index is 3.01. The molecule has 1 rings (SSSR count). The van der Waals surface area contributed by atoms with Crippen molar-refractivity contribution in [3.05, 3.63) is 28.2 Å². The van der Waals surface area contributed by atoms with E-state index in [4.69, 9.17) is 16.6 Å². The predicted octanol–water partition coefficient (Wildman–Crippen LogP) is -0.568. The monoisotopic (exact) mass is 197 g/mol. The number of carboxylic acid groups (broad SMARTS) is 1. The van der Waals surface area contributed by atoms with Crippen molar-refractivity contribution in [3.63, 3.8) is 0 Å². The van der Waals surface area contributed by atoms with Crippen LogP contribution in [-0.2, 0) is 4.79 Å². The second kappa shape index (κ2) is 3.93. The third-order valence-corrected chi connectivity index (χ3v) is 1.80. The van der Waals surface area contributed by atoms with Crippen LogP contribution >= 0.6 is 0 Å². The maximum Gasteiger partial charge on any atom is 0.305 e. The highest BCUT2D eigenvalue weighted by atomic mass is 16.4. The van der Waals surface area contributed by atoms with Crippen LogP contribution in [0.15, 0.2) is 17.2 Å². The zero-order chi connectivity index (χ0) is 10.7. The van der Waals surface area contributed by atoms with E-state index in [-0.39, 0.29) is 17.7 Å². The van der Waals surface area contributed by atoms with Gasteiger partial charge in [-0.3, -0.25) is 9.59 Å². The number of hydrogen-bond donors (Lipinski definition) is 4. The Kier molecular flexibility index (Phi) is 2.88. The number of carboxylic acids is 1. The van der Waals surface area contributed by atoms with Crippen molar-refractivity contribution in [1.82, 2.24) is 4.98 Å². The predicted molar refractivity (Wildman–Crippen MR) is 50.7 cm³/mol. The number of aromatic amines is 1. The summed E-state index contributed by atoms with van der Waals surface area (Å²) in [7, 11) is 0. The number of H-pyrrole nitrogens is 1. The number of hydrogen-bond acceptors (Lipinski definition) is 4. The molecule has 0 radical (unpaired) electrons. The summed E-state index contributed by atoms with van der Waals surface area (Å²) < 4.78 is 0. The van der Waals surface area contributed by atoms with Crippen LogP contribution in [-0.4, -0.2) is 16.1 Å². The minimum atomic E-state index is -1.06. The lowest BCUT2D eigenvalue weighted by Crippen LogP contribution is -2.24. The molecule has 1 aromatic rings. The largest absolute Gasteiger partial charge is 0.481 e. The molecule has 14 heavy (non-hydrogen) atoms. The number of nitrogen functional groups attached to an aromatic ring is 1. The van der Waals surface area contributed by atoms with Gasteiger partial charge in [-0.2, -0.15) is 0 Å². The topological polar surface area (TPSA) is 122 Å². The quantitative estimate of drug-likeness (QED) is 0.517. The molecule has 76 valence electrons. The maximum absolute atomic E-state index is 11.4. The van der Waals surface area contributed by atoms with Crippen LogP contribution in [0.5, 0.6) is 0 Å². The number of nitrogens with two attached hydrogens (primary N) is 2. The number of anilines is 1. The average Bonchev–Trinajstić information content (AvgIpc) is 2.08. The first-order valence-corrected chi connectivity index (χ1v) is 3.96. The molecule has 0 bridgehead atoms. The molecule has 0 aliphatic heterocycles. The lowest BCUT2D eigenvalue weighted by Gasteiger charge is -2.08. The highest BCUT2D eigenvalue weighted by Gasteiger charge is 2.14. The minimum absolute atomic E-state index is 0.0309. The summed E-state index contributed by atoms with van der Waals surface area (Å²) in [5.74, 6) is -1.06. The van der Waals surface area contributed by atoms with E-state index in [2.05, 4.69) is 4.98 Å². The van der Waals surface area contributed by atoms with E-state index in [1.165, 1.54) is 12.4 Å². The van der Waals surface area contributed by atoms with Gasteiger partial charge in [-0.1, -0.05) is 0 Å². The van der Waals surface area contributed by atoms with Gasteiger partial charge in [-0.05, 0) is 0 Å². The van der Waals surface area contributed by atoms with Gasteiger partial charge in [0.25, 0.3) is 0 Å². The molecule has 1 aromatic heterocycles. The standard InChI is InChI=1S/C8H11N3O3/c9-5(1-7(12)13)4-2-11-3-6(10)8(4)14/h2-3,5H,1,9-10H2,(H,11,14)(H,12,13)/t5-/m0/s1. The average molecular weight is 197 g/mol. The van der Waals surface area contributed by atoms with Gasteiger partial charge in [0.2, 0.25) is 5.43 Å². The molecule has 1 atom stereocenters. The van der Waals surface area contributed by atoms with Crippen molar-refractivity contribution in [2.75, 3.05) is 5.73 Å². The van der Waals surface area contributed by atoms with E-state index < -0.39 is 17.4 Å². The van der Waals surface area contributed by atoms with Crippen LogP contribution in [0.3, 0.4) is 0 Å². The van der Waals surface area contributed by atoms with Gasteiger partial charge in [0.15, 0.2) is 0 Å². The Morgan fingerprint density at radius 3 is 2.79 bits per heavy atom. The molecule has 0 aliphatic rings. The maximum atomic E-state index is 11.4. The fourth-order valence-corrected chi connectivity index (χ4v) is 1.09. The van der Waals surface area contributed by atoms with E-state index >= 15 is 0 Å². The third-order valence-electron chi connectivity index (χ3n) is 1.80. The zero-order valence-corrected chi connectivity index (χ0v) is 7.36. The van der Waals surface area contributed by atoms with Crippen molar-refractivity contribution < 1.29 is 9.90 Å². The lowest BCUT2D eigenvalue weighted by molar-refractivity contribution is -0.137. The summed E-state index contributed by atoms with van der Waals surface area (Å²) in [5.41, 5.74) is 10.7. The Morgan fingerprint density at radius 1 is 1.57 bits per heavy atom. The molecule has 6 heteroatoms. The van der Waals surface area contributed by atoms with E-state index in [0.717, 1.165) is 0 Å². The number of aromatic nitrogens is 1. The summed E-state index contributed by atoms with van der Waals surface area (Å²) in [6, 6.07) is -0.834. The first kappa shape index (κ1) is 10.3. The van der Waals surface area contributed by atoms with Gasteiger partial charge in [0, 0.05) is 24.0 Å². The molecule has 0 unspecified atom stereocenters. The van der Waals surface area contributed by atoms with E-state index in [1.807, 2.05) is 0 Å². The van der Waals surface area contributed by atoms with Gasteiger partial charge in [0.05, 0.1) is 12.1 Å². The number of aliphatic carboxylic acids is 1. The Hall–Kier alpha value is -1.82. The Bertz CT molecular complexity index is 399. The van der Waals surface area contributed by atoms with Crippen molar-refractivity contribution in [3.8, 4) is 0 Å². The lowest BCUT2D eigenvalue weighted by atomic mass is 10.1. The third kappa shape index (κ3) is 2.11. The molecule has 0 saturated carbocycles. The summed E-state index contributed by atoms with van der Waals surface area (Å²) >= 11 is 0. The van der Waals surface area contributed by atoms with Gasteiger partial charge in [0.1, 0.15) is 0 Å². The first-order valence-electron chi connectivity index (χ1n) is 3.96.